The van der Waals surface area contributed by atoms with E-state index >= 15 is 0 Å². The zero-order chi connectivity index (χ0) is 12.3. The van der Waals surface area contributed by atoms with Crippen LogP contribution < -0.4 is 5.73 Å². The first-order valence-electron chi connectivity index (χ1n) is 5.14. The minimum atomic E-state index is -4.42. The number of rotatable bonds is 2. The van der Waals surface area contributed by atoms with Gasteiger partial charge in [0.05, 0.1) is 6.17 Å². The maximum atomic E-state index is 12.0. The summed E-state index contributed by atoms with van der Waals surface area (Å²) in [7, 11) is 0. The molecule has 7 heteroatoms. The summed E-state index contributed by atoms with van der Waals surface area (Å²) in [4.78, 5) is 14.4. The van der Waals surface area contributed by atoms with E-state index in [1.54, 1.807) is 0 Å². The largest absolute Gasteiger partial charge is 0.397 e. The van der Waals surface area contributed by atoms with Gasteiger partial charge in [0, 0.05) is 26.2 Å². The van der Waals surface area contributed by atoms with Crippen LogP contribution in [0.5, 0.6) is 0 Å². The Morgan fingerprint density at radius 1 is 1.31 bits per heavy atom. The van der Waals surface area contributed by atoms with Crippen LogP contribution in [-0.2, 0) is 4.79 Å². The minimum Gasteiger partial charge on any atom is -0.340 e. The molecule has 16 heavy (non-hydrogen) atoms. The number of alkyl halides is 3. The number of amides is 1. The van der Waals surface area contributed by atoms with Crippen molar-refractivity contribution in [1.82, 2.24) is 9.80 Å². The van der Waals surface area contributed by atoms with Crippen molar-refractivity contribution in [3.63, 3.8) is 0 Å². The van der Waals surface area contributed by atoms with Crippen molar-refractivity contribution in [2.45, 2.75) is 25.7 Å². The molecule has 0 bridgehead atoms. The van der Waals surface area contributed by atoms with E-state index in [1.807, 2.05) is 11.8 Å². The summed E-state index contributed by atoms with van der Waals surface area (Å²) < 4.78 is 36.0. The van der Waals surface area contributed by atoms with E-state index in [-0.39, 0.29) is 6.17 Å². The maximum absolute atomic E-state index is 12.0. The molecule has 1 aliphatic rings. The van der Waals surface area contributed by atoms with Gasteiger partial charge in [-0.1, -0.05) is 0 Å². The zero-order valence-electron chi connectivity index (χ0n) is 9.13. The number of halogens is 3. The van der Waals surface area contributed by atoms with Crippen LogP contribution >= 0.6 is 0 Å². The van der Waals surface area contributed by atoms with Crippen LogP contribution in [0.1, 0.15) is 13.3 Å². The molecule has 0 aromatic heterocycles. The van der Waals surface area contributed by atoms with E-state index in [0.29, 0.717) is 26.2 Å². The molecule has 0 spiro atoms. The molecule has 1 saturated heterocycles. The molecule has 94 valence electrons. The van der Waals surface area contributed by atoms with Crippen LogP contribution in [0.3, 0.4) is 0 Å². The first-order chi connectivity index (χ1) is 7.29. The summed E-state index contributed by atoms with van der Waals surface area (Å²) in [5, 5.41) is 0. The third-order valence-corrected chi connectivity index (χ3v) is 2.59. The number of hydrogen-bond donors (Lipinski definition) is 1. The molecule has 0 saturated carbocycles. The van der Waals surface area contributed by atoms with Crippen LogP contribution in [0.15, 0.2) is 0 Å². The molecule has 1 heterocycles. The summed E-state index contributed by atoms with van der Waals surface area (Å²) in [6.45, 7) is 3.50. The molecule has 4 nitrogen and oxygen atoms in total. The molecule has 1 fully saturated rings. The third kappa shape index (κ3) is 3.97. The van der Waals surface area contributed by atoms with Crippen molar-refractivity contribution >= 4 is 5.91 Å². The number of hydrogen-bond acceptors (Lipinski definition) is 3. The van der Waals surface area contributed by atoms with Gasteiger partial charge >= 0.3 is 6.18 Å². The van der Waals surface area contributed by atoms with Crippen molar-refractivity contribution in [2.75, 3.05) is 26.2 Å². The highest BCUT2D eigenvalue weighted by Crippen LogP contribution is 2.21. The van der Waals surface area contributed by atoms with Crippen molar-refractivity contribution in [1.29, 1.82) is 0 Å². The van der Waals surface area contributed by atoms with E-state index in [9.17, 15) is 18.0 Å². The Labute approximate surface area is 92.2 Å². The first-order valence-corrected chi connectivity index (χ1v) is 5.14. The average Bonchev–Trinajstić information content (AvgIpc) is 2.15. The lowest BCUT2D eigenvalue weighted by Gasteiger charge is -2.36. The van der Waals surface area contributed by atoms with Crippen LogP contribution in [0.2, 0.25) is 0 Å². The number of piperazine rings is 1. The molecule has 2 N–H and O–H groups in total. The van der Waals surface area contributed by atoms with E-state index in [2.05, 4.69) is 0 Å². The highest BCUT2D eigenvalue weighted by atomic mass is 19.4. The number of nitrogens with two attached hydrogens (primary N) is 1. The highest BCUT2D eigenvalue weighted by molar-refractivity contribution is 5.76. The van der Waals surface area contributed by atoms with E-state index < -0.39 is 18.5 Å². The number of carbonyl (C=O) groups excluding carboxylic acids is 1. The average molecular weight is 239 g/mol. The quantitative estimate of drug-likeness (QED) is 0.758. The molecule has 0 aromatic rings. The van der Waals surface area contributed by atoms with Gasteiger partial charge in [-0.05, 0) is 6.92 Å². The Kier molecular flexibility index (Phi) is 4.15. The van der Waals surface area contributed by atoms with E-state index in [0.717, 1.165) is 0 Å². The molecule has 0 aromatic carbocycles. The summed E-state index contributed by atoms with van der Waals surface area (Å²) in [5.74, 6) is -0.850. The van der Waals surface area contributed by atoms with Gasteiger partial charge in [-0.15, -0.1) is 0 Å². The smallest absolute Gasteiger partial charge is 0.340 e. The summed E-state index contributed by atoms with van der Waals surface area (Å²) in [5.41, 5.74) is 5.63. The fourth-order valence-electron chi connectivity index (χ4n) is 1.66. The molecule has 0 unspecified atom stereocenters. The molecule has 0 aliphatic carbocycles. The van der Waals surface area contributed by atoms with Crippen LogP contribution in [-0.4, -0.2) is 54.2 Å². The number of carbonyl (C=O) groups is 1. The fourth-order valence-corrected chi connectivity index (χ4v) is 1.66. The normalized spacial score (nSPS) is 20.9. The van der Waals surface area contributed by atoms with Gasteiger partial charge in [0.1, 0.15) is 6.42 Å². The predicted molar refractivity (Wildman–Crippen MR) is 52.5 cm³/mol. The second kappa shape index (κ2) is 5.01. The van der Waals surface area contributed by atoms with Crippen LogP contribution in [0, 0.1) is 0 Å². The standard InChI is InChI=1S/C9H16F3N3O/c1-7(13)14-2-4-15(5-3-14)8(16)6-9(10,11)12/h7H,2-6,13H2,1H3/t7-/m1/s1. The lowest BCUT2D eigenvalue weighted by atomic mass is 10.2. The van der Waals surface area contributed by atoms with Gasteiger partial charge in [-0.25, -0.2) is 0 Å². The Hall–Kier alpha value is -0.820. The second-order valence-corrected chi connectivity index (χ2v) is 3.95. The Morgan fingerprint density at radius 2 is 1.81 bits per heavy atom. The predicted octanol–water partition coefficient (Wildman–Crippen LogP) is 0.388. The van der Waals surface area contributed by atoms with Gasteiger partial charge in [-0.2, -0.15) is 13.2 Å². The summed E-state index contributed by atoms with van der Waals surface area (Å²) in [6, 6.07) is 0. The van der Waals surface area contributed by atoms with Crippen molar-refractivity contribution in [2.24, 2.45) is 5.73 Å². The SMILES string of the molecule is C[C@H](N)N1CCN(C(=O)CC(F)(F)F)CC1. The van der Waals surface area contributed by atoms with Gasteiger partial charge in [0.25, 0.3) is 0 Å². The number of nitrogens with zero attached hydrogens (tertiary/aromatic N) is 2. The molecule has 0 radical (unpaired) electrons. The monoisotopic (exact) mass is 239 g/mol. The van der Waals surface area contributed by atoms with Gasteiger partial charge in [0.2, 0.25) is 5.91 Å². The molecular formula is C9H16F3N3O. The Balaban J connectivity index is 2.39. The van der Waals surface area contributed by atoms with Gasteiger partial charge in [-0.3, -0.25) is 9.69 Å². The third-order valence-electron chi connectivity index (χ3n) is 2.59. The summed E-state index contributed by atoms with van der Waals surface area (Å²) in [6.07, 6.45) is -5.92. The van der Waals surface area contributed by atoms with Crippen LogP contribution in [0.25, 0.3) is 0 Å². The van der Waals surface area contributed by atoms with E-state index in [4.69, 9.17) is 5.73 Å². The van der Waals surface area contributed by atoms with Gasteiger partial charge in [0.15, 0.2) is 0 Å². The minimum absolute atomic E-state index is 0.125. The topological polar surface area (TPSA) is 49.6 Å². The highest BCUT2D eigenvalue weighted by Gasteiger charge is 2.34. The van der Waals surface area contributed by atoms with Crippen LogP contribution in [0.4, 0.5) is 13.2 Å². The molecule has 1 amide bonds. The molecule has 1 atom stereocenters. The van der Waals surface area contributed by atoms with Crippen molar-refractivity contribution < 1.29 is 18.0 Å². The molecule has 1 rings (SSSR count). The maximum Gasteiger partial charge on any atom is 0.397 e. The fraction of sp³-hybridized carbons (Fsp3) is 0.889. The Bertz CT molecular complexity index is 247. The first kappa shape index (κ1) is 13.2. The second-order valence-electron chi connectivity index (χ2n) is 3.95. The lowest BCUT2D eigenvalue weighted by molar-refractivity contribution is -0.162. The lowest BCUT2D eigenvalue weighted by Crippen LogP contribution is -2.53. The molecule has 1 aliphatic heterocycles. The Morgan fingerprint density at radius 3 is 2.19 bits per heavy atom. The van der Waals surface area contributed by atoms with Crippen molar-refractivity contribution in [3.05, 3.63) is 0 Å². The molecular weight excluding hydrogens is 223 g/mol. The summed E-state index contributed by atoms with van der Waals surface area (Å²) >= 11 is 0. The van der Waals surface area contributed by atoms with E-state index in [1.165, 1.54) is 4.90 Å². The zero-order valence-corrected chi connectivity index (χ0v) is 9.13. The van der Waals surface area contributed by atoms with Gasteiger partial charge < -0.3 is 10.6 Å². The van der Waals surface area contributed by atoms with Crippen molar-refractivity contribution in [3.8, 4) is 0 Å².